The molecular formula is C24H33N3O. The van der Waals surface area contributed by atoms with Crippen molar-refractivity contribution in [1.29, 1.82) is 0 Å². The number of benzene rings is 1. The summed E-state index contributed by atoms with van der Waals surface area (Å²) in [7, 11) is 2.14. The Morgan fingerprint density at radius 2 is 1.89 bits per heavy atom. The molecule has 2 unspecified atom stereocenters. The van der Waals surface area contributed by atoms with Crippen molar-refractivity contribution in [1.82, 2.24) is 9.88 Å². The molecule has 1 fully saturated rings. The number of anilines is 1. The molecule has 0 N–H and O–H groups in total. The van der Waals surface area contributed by atoms with Crippen molar-refractivity contribution in [2.75, 3.05) is 38.2 Å². The van der Waals surface area contributed by atoms with E-state index in [9.17, 15) is 0 Å². The van der Waals surface area contributed by atoms with Crippen LogP contribution in [0.15, 0.2) is 30.3 Å². The quantitative estimate of drug-likeness (QED) is 0.780. The molecule has 2 atom stereocenters. The first-order valence-corrected chi connectivity index (χ1v) is 10.5. The van der Waals surface area contributed by atoms with Crippen LogP contribution < -0.4 is 9.64 Å². The molecule has 1 aromatic carbocycles. The van der Waals surface area contributed by atoms with E-state index in [1.54, 1.807) is 0 Å². The number of aromatic nitrogens is 1. The number of aryl methyl sites for hydroxylation is 2. The Kier molecular flexibility index (Phi) is 5.09. The van der Waals surface area contributed by atoms with E-state index in [2.05, 4.69) is 79.9 Å². The van der Waals surface area contributed by atoms with Gasteiger partial charge in [0.25, 0.3) is 0 Å². The van der Waals surface area contributed by atoms with Crippen molar-refractivity contribution < 1.29 is 4.74 Å². The first-order valence-electron chi connectivity index (χ1n) is 10.5. The molecule has 2 aliphatic heterocycles. The third-order valence-corrected chi connectivity index (χ3v) is 6.47. The molecule has 3 heterocycles. The van der Waals surface area contributed by atoms with E-state index in [1.165, 1.54) is 23.2 Å². The van der Waals surface area contributed by atoms with Crippen molar-refractivity contribution in [3.8, 4) is 5.75 Å². The van der Waals surface area contributed by atoms with Crippen molar-refractivity contribution in [2.24, 2.45) is 5.41 Å². The van der Waals surface area contributed by atoms with Gasteiger partial charge in [-0.05, 0) is 81.0 Å². The molecule has 4 nitrogen and oxygen atoms in total. The van der Waals surface area contributed by atoms with Crippen molar-refractivity contribution in [2.45, 2.75) is 46.6 Å². The monoisotopic (exact) mass is 379 g/mol. The Morgan fingerprint density at radius 1 is 1.14 bits per heavy atom. The molecule has 0 radical (unpaired) electrons. The first-order chi connectivity index (χ1) is 13.3. The van der Waals surface area contributed by atoms with Crippen LogP contribution in [0.25, 0.3) is 0 Å². The first kappa shape index (κ1) is 19.3. The van der Waals surface area contributed by atoms with E-state index in [0.29, 0.717) is 11.5 Å². The Morgan fingerprint density at radius 3 is 2.64 bits per heavy atom. The molecule has 0 spiro atoms. The second kappa shape index (κ2) is 7.40. The smallest absolute Gasteiger partial charge is 0.143 e. The Bertz CT molecular complexity index is 845. The molecule has 150 valence electrons. The number of ether oxygens (including phenoxy) is 1. The molecule has 28 heavy (non-hydrogen) atoms. The summed E-state index contributed by atoms with van der Waals surface area (Å²) in [6, 6.07) is 11.7. The average molecular weight is 380 g/mol. The lowest BCUT2D eigenvalue weighted by Gasteiger charge is -2.31. The second-order valence-corrected chi connectivity index (χ2v) is 9.14. The molecule has 1 aromatic heterocycles. The van der Waals surface area contributed by atoms with E-state index in [-0.39, 0.29) is 0 Å². The summed E-state index contributed by atoms with van der Waals surface area (Å²) in [5, 5.41) is 0. The average Bonchev–Trinajstić information content (AvgIpc) is 3.02. The zero-order chi connectivity index (χ0) is 19.9. The number of hydrogen-bond acceptors (Lipinski definition) is 4. The molecular weight excluding hydrogens is 346 g/mol. The summed E-state index contributed by atoms with van der Waals surface area (Å²) in [6.07, 6.45) is 2.36. The fraction of sp³-hybridized carbons (Fsp3) is 0.542. The molecule has 4 rings (SSSR count). The summed E-state index contributed by atoms with van der Waals surface area (Å²) < 4.78 is 5.92. The number of hydrogen-bond donors (Lipinski definition) is 0. The van der Waals surface area contributed by atoms with Crippen molar-refractivity contribution in [3.05, 3.63) is 52.8 Å². The highest BCUT2D eigenvalue weighted by molar-refractivity contribution is 5.60. The normalized spacial score (nSPS) is 23.4. The maximum absolute atomic E-state index is 5.92. The fourth-order valence-electron chi connectivity index (χ4n) is 4.90. The van der Waals surface area contributed by atoms with Gasteiger partial charge in [0.2, 0.25) is 0 Å². The number of rotatable bonds is 4. The molecule has 0 bridgehead atoms. The number of pyridine rings is 1. The van der Waals surface area contributed by atoms with Gasteiger partial charge in [-0.25, -0.2) is 0 Å². The summed E-state index contributed by atoms with van der Waals surface area (Å²) in [4.78, 5) is 9.44. The van der Waals surface area contributed by atoms with Crippen LogP contribution in [0.1, 0.15) is 48.8 Å². The predicted octanol–water partition coefficient (Wildman–Crippen LogP) is 4.54. The van der Waals surface area contributed by atoms with Crippen LogP contribution in [0.5, 0.6) is 5.75 Å². The number of likely N-dealkylation sites (N-methyl/N-ethyl adjacent to an activating group) is 1. The molecule has 1 saturated heterocycles. The molecule has 0 saturated carbocycles. The molecule has 0 aliphatic carbocycles. The highest BCUT2D eigenvalue weighted by Gasteiger charge is 2.36. The fourth-order valence-corrected chi connectivity index (χ4v) is 4.90. The van der Waals surface area contributed by atoms with Gasteiger partial charge in [-0.2, -0.15) is 0 Å². The third kappa shape index (κ3) is 3.88. The van der Waals surface area contributed by atoms with Gasteiger partial charge in [0, 0.05) is 31.0 Å². The van der Waals surface area contributed by atoms with E-state index in [1.807, 2.05) is 0 Å². The Balaban J connectivity index is 1.47. The summed E-state index contributed by atoms with van der Waals surface area (Å²) in [5.41, 5.74) is 6.55. The van der Waals surface area contributed by atoms with Crippen molar-refractivity contribution >= 4 is 5.69 Å². The second-order valence-electron chi connectivity index (χ2n) is 9.14. The highest BCUT2D eigenvalue weighted by Crippen LogP contribution is 2.40. The van der Waals surface area contributed by atoms with Crippen LogP contribution in [-0.2, 0) is 6.42 Å². The summed E-state index contributed by atoms with van der Waals surface area (Å²) in [6.45, 7) is 13.0. The van der Waals surface area contributed by atoms with Crippen molar-refractivity contribution in [3.63, 3.8) is 0 Å². The minimum Gasteiger partial charge on any atom is -0.490 e. The SMILES string of the molecule is Cc1cc(CC2(C)CCN(C(C)c3ccc4c(c3)OCCN4C)C2)cc(C)n1. The van der Waals surface area contributed by atoms with Gasteiger partial charge in [0.05, 0.1) is 12.2 Å². The van der Waals surface area contributed by atoms with E-state index in [0.717, 1.165) is 49.8 Å². The zero-order valence-corrected chi connectivity index (χ0v) is 18.0. The lowest BCUT2D eigenvalue weighted by molar-refractivity contribution is 0.222. The topological polar surface area (TPSA) is 28.6 Å². The predicted molar refractivity (Wildman–Crippen MR) is 115 cm³/mol. The number of likely N-dealkylation sites (tertiary alicyclic amines) is 1. The van der Waals surface area contributed by atoms with Crippen LogP contribution in [0.3, 0.4) is 0 Å². The largest absolute Gasteiger partial charge is 0.490 e. The maximum Gasteiger partial charge on any atom is 0.143 e. The van der Waals surface area contributed by atoms with E-state index in [4.69, 9.17) is 4.74 Å². The van der Waals surface area contributed by atoms with Crippen LogP contribution in [0.2, 0.25) is 0 Å². The Labute approximate surface area is 169 Å². The van der Waals surface area contributed by atoms with Crippen LogP contribution in [-0.4, -0.2) is 43.2 Å². The van der Waals surface area contributed by atoms with Gasteiger partial charge in [0.1, 0.15) is 12.4 Å². The third-order valence-electron chi connectivity index (χ3n) is 6.47. The maximum atomic E-state index is 5.92. The lowest BCUT2D eigenvalue weighted by Crippen LogP contribution is -2.30. The molecule has 2 aromatic rings. The zero-order valence-electron chi connectivity index (χ0n) is 18.0. The Hall–Kier alpha value is -2.07. The minimum absolute atomic E-state index is 0.319. The van der Waals surface area contributed by atoms with Crippen LogP contribution >= 0.6 is 0 Å². The van der Waals surface area contributed by atoms with E-state index < -0.39 is 0 Å². The van der Waals surface area contributed by atoms with Gasteiger partial charge in [-0.3, -0.25) is 9.88 Å². The molecule has 4 heteroatoms. The lowest BCUT2D eigenvalue weighted by atomic mass is 9.83. The highest BCUT2D eigenvalue weighted by atomic mass is 16.5. The van der Waals surface area contributed by atoms with Gasteiger partial charge in [0.15, 0.2) is 0 Å². The van der Waals surface area contributed by atoms with Gasteiger partial charge >= 0.3 is 0 Å². The number of fused-ring (bicyclic) bond motifs is 1. The molecule has 2 aliphatic rings. The summed E-state index contributed by atoms with van der Waals surface area (Å²) in [5.74, 6) is 1.03. The number of nitrogens with zero attached hydrogens (tertiary/aromatic N) is 3. The standard InChI is InChI=1S/C24H33N3O/c1-17-12-20(13-18(2)25-17)15-24(4)8-9-27(16-24)19(3)21-6-7-22-23(14-21)28-11-10-26(22)5/h6-7,12-14,19H,8-11,15-16H2,1-5H3. The summed E-state index contributed by atoms with van der Waals surface area (Å²) >= 11 is 0. The van der Waals surface area contributed by atoms with Crippen LogP contribution in [0.4, 0.5) is 5.69 Å². The van der Waals surface area contributed by atoms with Gasteiger partial charge in [-0.15, -0.1) is 0 Å². The molecule has 0 amide bonds. The van der Waals surface area contributed by atoms with Crippen LogP contribution in [0, 0.1) is 19.3 Å². The van der Waals surface area contributed by atoms with E-state index >= 15 is 0 Å². The van der Waals surface area contributed by atoms with Gasteiger partial charge in [-0.1, -0.05) is 13.0 Å². The van der Waals surface area contributed by atoms with Gasteiger partial charge < -0.3 is 9.64 Å². The minimum atomic E-state index is 0.319.